The van der Waals surface area contributed by atoms with Gasteiger partial charge in [-0.2, -0.15) is 0 Å². The molecule has 0 heterocycles. The van der Waals surface area contributed by atoms with Gasteiger partial charge in [-0.3, -0.25) is 9.59 Å². The molecule has 3 aromatic carbocycles. The van der Waals surface area contributed by atoms with Gasteiger partial charge in [0.2, 0.25) is 11.6 Å². The Morgan fingerprint density at radius 2 is 0.931 bits per heavy atom. The molecule has 2 nitrogen and oxygen atoms in total. The van der Waals surface area contributed by atoms with Crippen LogP contribution < -0.4 is 0 Å². The van der Waals surface area contributed by atoms with Crippen molar-refractivity contribution in [2.75, 3.05) is 0 Å². The van der Waals surface area contributed by atoms with E-state index >= 15 is 0 Å². The minimum atomic E-state index is -0.841. The Kier molecular flexibility index (Phi) is 3.36. The van der Waals surface area contributed by atoms with Crippen LogP contribution >= 0.6 is 0 Å². The van der Waals surface area contributed by atoms with Gasteiger partial charge in [0.15, 0.2) is 0 Å². The summed E-state index contributed by atoms with van der Waals surface area (Å²) in [5.74, 6) is -0.112. The normalized spacial score (nSPS) is 32.1. The fourth-order valence-corrected chi connectivity index (χ4v) is 6.91. The standard InChI is InChI=1S/C27H22O2/c28-24-25(29)27(19-12-5-2-6-13-19)21-15-8-7-14-20(21)26(24,18-10-3-1-4-11-18)22-16-9-17-23(22)27/h1-8,10-15,22-23H,9,16-17H2/t22-,23+,26-,27+. The van der Waals surface area contributed by atoms with Crippen molar-refractivity contribution in [2.45, 2.75) is 30.1 Å². The van der Waals surface area contributed by atoms with Gasteiger partial charge in [0.1, 0.15) is 0 Å². The van der Waals surface area contributed by atoms with Crippen LogP contribution in [-0.2, 0) is 20.4 Å². The Labute approximate surface area is 170 Å². The van der Waals surface area contributed by atoms with Gasteiger partial charge in [0.05, 0.1) is 10.8 Å². The summed E-state index contributed by atoms with van der Waals surface area (Å²) < 4.78 is 0. The van der Waals surface area contributed by atoms with E-state index in [4.69, 9.17) is 0 Å². The van der Waals surface area contributed by atoms with E-state index in [0.29, 0.717) is 0 Å². The van der Waals surface area contributed by atoms with Gasteiger partial charge in [-0.25, -0.2) is 0 Å². The predicted molar refractivity (Wildman–Crippen MR) is 112 cm³/mol. The summed E-state index contributed by atoms with van der Waals surface area (Å²) in [5, 5.41) is 0. The molecule has 2 saturated carbocycles. The van der Waals surface area contributed by atoms with Gasteiger partial charge in [-0.1, -0.05) is 91.3 Å². The number of Topliss-reactive ketones (excluding diaryl/α,β-unsaturated/α-hetero) is 2. The second kappa shape index (κ2) is 5.76. The highest BCUT2D eigenvalue weighted by Gasteiger charge is 2.72. The Morgan fingerprint density at radius 3 is 1.34 bits per heavy atom. The summed E-state index contributed by atoms with van der Waals surface area (Å²) in [6, 6.07) is 28.3. The second-order valence-electron chi connectivity index (χ2n) is 8.70. The van der Waals surface area contributed by atoms with E-state index in [1.54, 1.807) is 0 Å². The first-order chi connectivity index (χ1) is 14.2. The maximum atomic E-state index is 14.0. The lowest BCUT2D eigenvalue weighted by Crippen LogP contribution is -2.68. The van der Waals surface area contributed by atoms with Gasteiger partial charge < -0.3 is 0 Å². The van der Waals surface area contributed by atoms with E-state index in [2.05, 4.69) is 12.1 Å². The van der Waals surface area contributed by atoms with Crippen LogP contribution in [0.25, 0.3) is 0 Å². The van der Waals surface area contributed by atoms with Gasteiger partial charge in [0.25, 0.3) is 0 Å². The van der Waals surface area contributed by atoms with Crippen molar-refractivity contribution in [3.05, 3.63) is 107 Å². The third-order valence-electron chi connectivity index (χ3n) is 7.79. The third kappa shape index (κ3) is 1.79. The van der Waals surface area contributed by atoms with Crippen molar-refractivity contribution in [1.29, 1.82) is 0 Å². The summed E-state index contributed by atoms with van der Waals surface area (Å²) in [6.07, 6.45) is 3.04. The number of fused-ring (bicyclic) bond motifs is 1. The lowest BCUT2D eigenvalue weighted by atomic mass is 9.40. The van der Waals surface area contributed by atoms with Crippen molar-refractivity contribution in [3.8, 4) is 0 Å². The molecule has 2 fully saturated rings. The Balaban J connectivity index is 1.79. The Hall–Kier alpha value is -3.00. The average Bonchev–Trinajstić information content (AvgIpc) is 3.28. The Bertz CT molecular complexity index is 1040. The van der Waals surface area contributed by atoms with E-state index in [9.17, 15) is 9.59 Å². The van der Waals surface area contributed by atoms with Crippen LogP contribution in [0.4, 0.5) is 0 Å². The molecule has 0 aliphatic heterocycles. The van der Waals surface area contributed by atoms with Crippen LogP contribution in [0.3, 0.4) is 0 Å². The molecule has 2 bridgehead atoms. The van der Waals surface area contributed by atoms with Crippen LogP contribution in [0.1, 0.15) is 41.5 Å². The summed E-state index contributed by atoms with van der Waals surface area (Å²) in [7, 11) is 0. The van der Waals surface area contributed by atoms with E-state index in [1.807, 2.05) is 72.8 Å². The quantitative estimate of drug-likeness (QED) is 0.598. The minimum Gasteiger partial charge on any atom is -0.289 e. The van der Waals surface area contributed by atoms with Crippen LogP contribution in [0, 0.1) is 11.8 Å². The molecule has 29 heavy (non-hydrogen) atoms. The fourth-order valence-electron chi connectivity index (χ4n) is 6.91. The first-order valence-corrected chi connectivity index (χ1v) is 10.5. The summed E-state index contributed by atoms with van der Waals surface area (Å²) >= 11 is 0. The molecule has 0 unspecified atom stereocenters. The largest absolute Gasteiger partial charge is 0.289 e. The number of carbonyl (C=O) groups excluding carboxylic acids is 2. The molecule has 4 aliphatic rings. The van der Waals surface area contributed by atoms with Gasteiger partial charge in [-0.05, 0) is 46.9 Å². The number of ketones is 2. The summed E-state index contributed by atoms with van der Waals surface area (Å²) in [5.41, 5.74) is 2.36. The van der Waals surface area contributed by atoms with E-state index in [0.717, 1.165) is 41.5 Å². The SMILES string of the molecule is O=C1C(=O)[C@@]2(c3ccccc3)c3ccccc3[C@]1(c1ccccc1)[C@@H]1CCC[C@@H]12. The summed E-state index contributed by atoms with van der Waals surface area (Å²) in [4.78, 5) is 28.1. The third-order valence-corrected chi connectivity index (χ3v) is 7.79. The maximum absolute atomic E-state index is 14.0. The molecule has 4 atom stereocenters. The molecule has 142 valence electrons. The lowest BCUT2D eigenvalue weighted by molar-refractivity contribution is -0.150. The smallest absolute Gasteiger partial charge is 0.214 e. The van der Waals surface area contributed by atoms with Crippen molar-refractivity contribution in [3.63, 3.8) is 0 Å². The molecule has 0 aromatic heterocycles. The minimum absolute atomic E-state index is 0.158. The van der Waals surface area contributed by atoms with Crippen LogP contribution in [0.15, 0.2) is 84.9 Å². The zero-order chi connectivity index (χ0) is 19.6. The number of hydrogen-bond donors (Lipinski definition) is 0. The average molecular weight is 378 g/mol. The molecule has 0 radical (unpaired) electrons. The number of benzene rings is 3. The molecule has 0 spiro atoms. The highest BCUT2D eigenvalue weighted by Crippen LogP contribution is 2.67. The number of hydrogen-bond acceptors (Lipinski definition) is 2. The zero-order valence-electron chi connectivity index (χ0n) is 16.2. The van der Waals surface area contributed by atoms with E-state index in [-0.39, 0.29) is 23.4 Å². The second-order valence-corrected chi connectivity index (χ2v) is 8.70. The molecular weight excluding hydrogens is 356 g/mol. The van der Waals surface area contributed by atoms with Crippen LogP contribution in [0.2, 0.25) is 0 Å². The highest BCUT2D eigenvalue weighted by atomic mass is 16.2. The number of carbonyl (C=O) groups is 2. The van der Waals surface area contributed by atoms with E-state index in [1.165, 1.54) is 0 Å². The van der Waals surface area contributed by atoms with Crippen molar-refractivity contribution in [2.24, 2.45) is 11.8 Å². The summed E-state index contributed by atoms with van der Waals surface area (Å²) in [6.45, 7) is 0. The van der Waals surface area contributed by atoms with Crippen molar-refractivity contribution in [1.82, 2.24) is 0 Å². The van der Waals surface area contributed by atoms with Crippen molar-refractivity contribution >= 4 is 11.6 Å². The van der Waals surface area contributed by atoms with Crippen LogP contribution in [-0.4, -0.2) is 11.6 Å². The highest BCUT2D eigenvalue weighted by molar-refractivity contribution is 6.47. The van der Waals surface area contributed by atoms with Crippen LogP contribution in [0.5, 0.6) is 0 Å². The van der Waals surface area contributed by atoms with Gasteiger partial charge >= 0.3 is 0 Å². The van der Waals surface area contributed by atoms with Gasteiger partial charge in [-0.15, -0.1) is 0 Å². The Morgan fingerprint density at radius 1 is 0.552 bits per heavy atom. The zero-order valence-corrected chi connectivity index (χ0v) is 16.2. The van der Waals surface area contributed by atoms with Crippen molar-refractivity contribution < 1.29 is 9.59 Å². The van der Waals surface area contributed by atoms with Gasteiger partial charge in [0, 0.05) is 0 Å². The predicted octanol–water partition coefficient (Wildman–Crippen LogP) is 4.84. The monoisotopic (exact) mass is 378 g/mol. The molecule has 0 saturated heterocycles. The molecule has 2 heteroatoms. The lowest BCUT2D eigenvalue weighted by Gasteiger charge is -2.59. The fraction of sp³-hybridized carbons (Fsp3) is 0.259. The molecule has 4 aliphatic carbocycles. The molecule has 0 amide bonds. The molecular formula is C27H22O2. The van der Waals surface area contributed by atoms with E-state index < -0.39 is 10.8 Å². The molecule has 0 N–H and O–H groups in total. The molecule has 7 rings (SSSR count). The maximum Gasteiger partial charge on any atom is 0.214 e. The first kappa shape index (κ1) is 16.9. The molecule has 3 aromatic rings. The topological polar surface area (TPSA) is 34.1 Å². The first-order valence-electron chi connectivity index (χ1n) is 10.5. The number of rotatable bonds is 2.